The third-order valence-electron chi connectivity index (χ3n) is 1.51. The van der Waals surface area contributed by atoms with Crippen LogP contribution < -0.4 is 0 Å². The third-order valence-corrected chi connectivity index (χ3v) is 1.80. The van der Waals surface area contributed by atoms with Gasteiger partial charge in [0.1, 0.15) is 0 Å². The van der Waals surface area contributed by atoms with Crippen molar-refractivity contribution >= 4 is 15.4 Å². The fourth-order valence-electron chi connectivity index (χ4n) is 0.825. The quantitative estimate of drug-likeness (QED) is 0.349. The lowest BCUT2D eigenvalue weighted by molar-refractivity contribution is 0.331. The van der Waals surface area contributed by atoms with Crippen molar-refractivity contribution in [1.82, 2.24) is 0 Å². The second kappa shape index (κ2) is 8.57. The van der Waals surface area contributed by atoms with E-state index in [-0.39, 0.29) is 8.69 Å². The second-order valence-corrected chi connectivity index (χ2v) is 2.71. The molecule has 0 spiro atoms. The van der Waals surface area contributed by atoms with E-state index in [9.17, 15) is 4.57 Å². The molecule has 0 radical (unpaired) electrons. The van der Waals surface area contributed by atoms with Gasteiger partial charge in [-0.3, -0.25) is 9.52 Å². The van der Waals surface area contributed by atoms with Gasteiger partial charge in [-0.2, -0.15) is 0 Å². The third kappa shape index (κ3) is 6.20. The SMILES string of the molecule is C=N/C(=C\C)CCCCOP=O. The molecule has 12 heavy (non-hydrogen) atoms. The van der Waals surface area contributed by atoms with Gasteiger partial charge in [0, 0.05) is 5.70 Å². The molecule has 0 aromatic heterocycles. The smallest absolute Gasteiger partial charge is 0.294 e. The molecule has 0 bridgehead atoms. The number of rotatable bonds is 7. The Hall–Kier alpha value is -0.530. The fourth-order valence-corrected chi connectivity index (χ4v) is 1.03. The molecule has 0 heterocycles. The monoisotopic (exact) mass is 187 g/mol. The van der Waals surface area contributed by atoms with E-state index in [1.807, 2.05) is 13.0 Å². The number of hydrogen-bond acceptors (Lipinski definition) is 3. The highest BCUT2D eigenvalue weighted by Crippen LogP contribution is 2.08. The first-order valence-corrected chi connectivity index (χ1v) is 4.64. The minimum Gasteiger partial charge on any atom is -0.294 e. The van der Waals surface area contributed by atoms with Crippen LogP contribution in [0.25, 0.3) is 0 Å². The Labute approximate surface area is 74.8 Å². The molecule has 0 unspecified atom stereocenters. The Kier molecular flexibility index (Phi) is 8.19. The standard InChI is InChI=1S/C8H14NO2P/c1-3-8(9-2)6-4-5-7-11-12-10/h3H,2,4-7H2,1H3/b8-3-. The van der Waals surface area contributed by atoms with Crippen molar-refractivity contribution in [3.63, 3.8) is 0 Å². The summed E-state index contributed by atoms with van der Waals surface area (Å²) >= 11 is 0. The molecule has 0 aliphatic heterocycles. The van der Waals surface area contributed by atoms with Gasteiger partial charge in [0.15, 0.2) is 0 Å². The molecular formula is C8H14NO2P. The zero-order chi connectivity index (χ0) is 9.23. The molecule has 4 heteroatoms. The van der Waals surface area contributed by atoms with Crippen molar-refractivity contribution < 1.29 is 9.09 Å². The van der Waals surface area contributed by atoms with Crippen LogP contribution in [0.4, 0.5) is 0 Å². The molecule has 0 N–H and O–H groups in total. The van der Waals surface area contributed by atoms with Crippen LogP contribution in [0, 0.1) is 0 Å². The van der Waals surface area contributed by atoms with Crippen molar-refractivity contribution in [2.24, 2.45) is 4.99 Å². The molecule has 0 rings (SSSR count). The lowest BCUT2D eigenvalue weighted by Gasteiger charge is -1.98. The topological polar surface area (TPSA) is 38.7 Å². The van der Waals surface area contributed by atoms with Crippen molar-refractivity contribution in [1.29, 1.82) is 0 Å². The molecule has 0 aliphatic rings. The largest absolute Gasteiger partial charge is 0.327 e. The van der Waals surface area contributed by atoms with E-state index in [1.165, 1.54) is 0 Å². The van der Waals surface area contributed by atoms with Crippen LogP contribution in [-0.2, 0) is 9.09 Å². The summed E-state index contributed by atoms with van der Waals surface area (Å²) < 4.78 is 14.5. The molecule has 0 atom stereocenters. The summed E-state index contributed by atoms with van der Waals surface area (Å²) in [6, 6.07) is 0. The summed E-state index contributed by atoms with van der Waals surface area (Å²) in [5.41, 5.74) is 1.01. The molecule has 0 fully saturated rings. The predicted octanol–water partition coefficient (Wildman–Crippen LogP) is 2.98. The summed E-state index contributed by atoms with van der Waals surface area (Å²) in [5.74, 6) is 0. The number of aliphatic imine (C=N–C) groups is 1. The maximum atomic E-state index is 9.85. The molecular weight excluding hydrogens is 173 g/mol. The van der Waals surface area contributed by atoms with Crippen molar-refractivity contribution in [2.75, 3.05) is 6.61 Å². The highest BCUT2D eigenvalue weighted by Gasteiger charge is 1.92. The van der Waals surface area contributed by atoms with Crippen molar-refractivity contribution in [3.8, 4) is 0 Å². The Morgan fingerprint density at radius 2 is 2.42 bits per heavy atom. The second-order valence-electron chi connectivity index (χ2n) is 2.30. The summed E-state index contributed by atoms with van der Waals surface area (Å²) in [7, 11) is -0.232. The Morgan fingerprint density at radius 1 is 1.67 bits per heavy atom. The first-order chi connectivity index (χ1) is 5.85. The molecule has 0 aromatic rings. The normalized spacial score (nSPS) is 11.9. The average Bonchev–Trinajstić information content (AvgIpc) is 2.11. The van der Waals surface area contributed by atoms with Crippen molar-refractivity contribution in [3.05, 3.63) is 11.8 Å². The molecule has 0 aromatic carbocycles. The maximum Gasteiger partial charge on any atom is 0.327 e. The molecule has 0 aliphatic carbocycles. The molecule has 0 saturated heterocycles. The van der Waals surface area contributed by atoms with Gasteiger partial charge in [-0.1, -0.05) is 6.08 Å². The Morgan fingerprint density at radius 3 is 2.92 bits per heavy atom. The summed E-state index contributed by atoms with van der Waals surface area (Å²) in [5, 5.41) is 0. The number of unbranched alkanes of at least 4 members (excludes halogenated alkanes) is 1. The first-order valence-electron chi connectivity index (χ1n) is 3.91. The molecule has 0 amide bonds. The minimum absolute atomic E-state index is 0.232. The van der Waals surface area contributed by atoms with Crippen molar-refractivity contribution in [2.45, 2.75) is 26.2 Å². The molecule has 3 nitrogen and oxygen atoms in total. The van der Waals surface area contributed by atoms with Gasteiger partial charge >= 0.3 is 8.69 Å². The van der Waals surface area contributed by atoms with E-state index in [4.69, 9.17) is 0 Å². The van der Waals surface area contributed by atoms with Crippen LogP contribution >= 0.6 is 8.69 Å². The van der Waals surface area contributed by atoms with Gasteiger partial charge in [0.25, 0.3) is 0 Å². The maximum absolute atomic E-state index is 9.85. The van der Waals surface area contributed by atoms with Gasteiger partial charge in [0.2, 0.25) is 0 Å². The lowest BCUT2D eigenvalue weighted by atomic mass is 10.2. The van der Waals surface area contributed by atoms with Crippen LogP contribution in [0.2, 0.25) is 0 Å². The Bertz CT molecular complexity index is 168. The fraction of sp³-hybridized carbons (Fsp3) is 0.625. The van der Waals surface area contributed by atoms with Gasteiger partial charge in [-0.15, -0.1) is 0 Å². The lowest BCUT2D eigenvalue weighted by Crippen LogP contribution is -1.86. The van der Waals surface area contributed by atoms with Crippen LogP contribution in [0.15, 0.2) is 16.8 Å². The van der Waals surface area contributed by atoms with Crippen LogP contribution in [-0.4, -0.2) is 13.3 Å². The summed E-state index contributed by atoms with van der Waals surface area (Å²) in [6.07, 6.45) is 4.76. The molecule has 0 saturated carbocycles. The number of nitrogens with zero attached hydrogens (tertiary/aromatic N) is 1. The van der Waals surface area contributed by atoms with Crippen LogP contribution in [0.5, 0.6) is 0 Å². The predicted molar refractivity (Wildman–Crippen MR) is 50.7 cm³/mol. The summed E-state index contributed by atoms with van der Waals surface area (Å²) in [6.45, 7) is 5.93. The highest BCUT2D eigenvalue weighted by atomic mass is 31.1. The van der Waals surface area contributed by atoms with Gasteiger partial charge in [0.05, 0.1) is 6.61 Å². The van der Waals surface area contributed by atoms with E-state index in [0.29, 0.717) is 6.61 Å². The van der Waals surface area contributed by atoms with Gasteiger partial charge in [-0.05, 0) is 32.9 Å². The zero-order valence-electron chi connectivity index (χ0n) is 7.32. The molecule has 68 valence electrons. The van der Waals surface area contributed by atoms with Crippen LogP contribution in [0.3, 0.4) is 0 Å². The van der Waals surface area contributed by atoms with E-state index in [0.717, 1.165) is 25.0 Å². The average molecular weight is 187 g/mol. The van der Waals surface area contributed by atoms with E-state index in [1.54, 1.807) is 0 Å². The number of hydrogen-bond donors (Lipinski definition) is 0. The highest BCUT2D eigenvalue weighted by molar-refractivity contribution is 7.17. The Balaban J connectivity index is 3.29. The van der Waals surface area contributed by atoms with Crippen LogP contribution in [0.1, 0.15) is 26.2 Å². The van der Waals surface area contributed by atoms with E-state index >= 15 is 0 Å². The van der Waals surface area contributed by atoms with E-state index < -0.39 is 0 Å². The zero-order valence-corrected chi connectivity index (χ0v) is 8.22. The van der Waals surface area contributed by atoms with E-state index in [2.05, 4.69) is 16.2 Å². The number of allylic oxidation sites excluding steroid dienone is 2. The minimum atomic E-state index is -0.232. The summed E-state index contributed by atoms with van der Waals surface area (Å²) in [4.78, 5) is 3.83. The van der Waals surface area contributed by atoms with Gasteiger partial charge < -0.3 is 0 Å². The van der Waals surface area contributed by atoms with Gasteiger partial charge in [-0.25, -0.2) is 4.57 Å². The first kappa shape index (κ1) is 11.5.